The van der Waals surface area contributed by atoms with Gasteiger partial charge < -0.3 is 15.2 Å². The molecule has 0 atom stereocenters. The fraction of sp³-hybridized carbons (Fsp3) is 0.500. The van der Waals surface area contributed by atoms with Crippen LogP contribution in [0.3, 0.4) is 0 Å². The van der Waals surface area contributed by atoms with E-state index in [4.69, 9.17) is 15.2 Å². The van der Waals surface area contributed by atoms with Gasteiger partial charge in [0.25, 0.3) is 5.91 Å². The highest BCUT2D eigenvalue weighted by molar-refractivity contribution is 5.98. The Kier molecular flexibility index (Phi) is 6.05. The number of benzene rings is 1. The number of carbonyl (C=O) groups is 1. The van der Waals surface area contributed by atoms with E-state index >= 15 is 0 Å². The Bertz CT molecular complexity index is 357. The molecule has 0 bridgehead atoms. The minimum Gasteiger partial charge on any atom is -0.496 e. The Morgan fingerprint density at radius 2 is 1.39 bits per heavy atom. The molecule has 1 fully saturated rings. The van der Waals surface area contributed by atoms with Gasteiger partial charge in [0.05, 0.1) is 14.2 Å². The molecule has 0 aliphatic heterocycles. The smallest absolute Gasteiger partial charge is 0.256 e. The fourth-order valence-corrected chi connectivity index (χ4v) is 1.98. The molecule has 0 saturated heterocycles. The summed E-state index contributed by atoms with van der Waals surface area (Å²) >= 11 is 0. The predicted octanol–water partition coefficient (Wildman–Crippen LogP) is 2.75. The van der Waals surface area contributed by atoms with E-state index in [1.165, 1.54) is 46.3 Å². The number of hydrogen-bond donors (Lipinski definition) is 1. The zero-order valence-electron chi connectivity index (χ0n) is 11.1. The number of hydrogen-bond acceptors (Lipinski definition) is 3. The van der Waals surface area contributed by atoms with Gasteiger partial charge in [0.2, 0.25) is 0 Å². The molecule has 100 valence electrons. The summed E-state index contributed by atoms with van der Waals surface area (Å²) in [5, 5.41) is 0. The van der Waals surface area contributed by atoms with Gasteiger partial charge in [0.15, 0.2) is 0 Å². The van der Waals surface area contributed by atoms with Crippen LogP contribution in [-0.2, 0) is 0 Å². The van der Waals surface area contributed by atoms with Crippen LogP contribution in [0.15, 0.2) is 18.2 Å². The molecule has 2 N–H and O–H groups in total. The van der Waals surface area contributed by atoms with Gasteiger partial charge in [0, 0.05) is 0 Å². The highest BCUT2D eigenvalue weighted by Crippen LogP contribution is 2.27. The van der Waals surface area contributed by atoms with E-state index in [0.29, 0.717) is 11.5 Å². The van der Waals surface area contributed by atoms with E-state index in [0.717, 1.165) is 0 Å². The first kappa shape index (κ1) is 14.4. The summed E-state index contributed by atoms with van der Waals surface area (Å²) in [5.41, 5.74) is 5.44. The summed E-state index contributed by atoms with van der Waals surface area (Å²) in [4.78, 5) is 11.0. The molecule has 1 saturated carbocycles. The van der Waals surface area contributed by atoms with E-state index in [1.807, 2.05) is 0 Å². The van der Waals surface area contributed by atoms with Gasteiger partial charge in [-0.2, -0.15) is 0 Å². The summed E-state index contributed by atoms with van der Waals surface area (Å²) in [7, 11) is 2.95. The molecule has 18 heavy (non-hydrogen) atoms. The van der Waals surface area contributed by atoms with Crippen molar-refractivity contribution in [2.24, 2.45) is 5.73 Å². The van der Waals surface area contributed by atoms with Gasteiger partial charge in [-0.3, -0.25) is 4.79 Å². The molecular weight excluding hydrogens is 230 g/mol. The normalized spacial score (nSPS) is 13.4. The first-order valence-electron chi connectivity index (χ1n) is 6.21. The van der Waals surface area contributed by atoms with E-state index in [2.05, 4.69) is 0 Å². The number of primary amides is 1. The van der Waals surface area contributed by atoms with E-state index in [-0.39, 0.29) is 5.56 Å². The Hall–Kier alpha value is -1.71. The first-order chi connectivity index (χ1) is 8.70. The minimum absolute atomic E-state index is 0.271. The molecule has 0 heterocycles. The van der Waals surface area contributed by atoms with Crippen molar-refractivity contribution in [3.8, 4) is 11.5 Å². The standard InChI is InChI=1S/C9H11NO3.C5H10/c1-12-6-4-3-5-7(13-2)8(6)9(10)11;1-2-4-5-3-1/h3-5H,1-2H3,(H2,10,11);1-5H2. The minimum atomic E-state index is -0.561. The summed E-state index contributed by atoms with van der Waals surface area (Å²) in [6, 6.07) is 5.04. The number of rotatable bonds is 3. The molecule has 1 aromatic rings. The lowest BCUT2D eigenvalue weighted by Crippen LogP contribution is -2.13. The maximum atomic E-state index is 11.0. The second-order valence-electron chi connectivity index (χ2n) is 4.17. The molecule has 1 aliphatic carbocycles. The van der Waals surface area contributed by atoms with Crippen molar-refractivity contribution in [1.29, 1.82) is 0 Å². The third-order valence-electron chi connectivity index (χ3n) is 2.92. The number of methoxy groups -OCH3 is 2. The lowest BCUT2D eigenvalue weighted by Gasteiger charge is -2.09. The van der Waals surface area contributed by atoms with Crippen LogP contribution in [0.1, 0.15) is 42.5 Å². The predicted molar refractivity (Wildman–Crippen MR) is 71.1 cm³/mol. The Labute approximate surface area is 108 Å². The second-order valence-corrected chi connectivity index (χ2v) is 4.17. The topological polar surface area (TPSA) is 61.6 Å². The largest absolute Gasteiger partial charge is 0.496 e. The molecule has 2 rings (SSSR count). The first-order valence-corrected chi connectivity index (χ1v) is 6.21. The lowest BCUT2D eigenvalue weighted by molar-refractivity contribution is 0.0994. The van der Waals surface area contributed by atoms with Gasteiger partial charge in [-0.15, -0.1) is 0 Å². The van der Waals surface area contributed by atoms with Crippen molar-refractivity contribution in [2.75, 3.05) is 14.2 Å². The van der Waals surface area contributed by atoms with E-state index < -0.39 is 5.91 Å². The van der Waals surface area contributed by atoms with Crippen LogP contribution in [0, 0.1) is 0 Å². The SMILES string of the molecule is C1CCCC1.COc1cccc(OC)c1C(N)=O. The van der Waals surface area contributed by atoms with Crippen LogP contribution in [0.25, 0.3) is 0 Å². The fourth-order valence-electron chi connectivity index (χ4n) is 1.98. The number of nitrogens with two attached hydrogens (primary N) is 1. The third kappa shape index (κ3) is 3.95. The van der Waals surface area contributed by atoms with Crippen LogP contribution in [0.4, 0.5) is 0 Å². The molecule has 0 radical (unpaired) electrons. The zero-order chi connectivity index (χ0) is 13.4. The van der Waals surface area contributed by atoms with Crippen molar-refractivity contribution in [2.45, 2.75) is 32.1 Å². The van der Waals surface area contributed by atoms with Gasteiger partial charge in [0.1, 0.15) is 17.1 Å². The van der Waals surface area contributed by atoms with Crippen LogP contribution < -0.4 is 15.2 Å². The second kappa shape index (κ2) is 7.58. The summed E-state index contributed by atoms with van der Waals surface area (Å²) in [5.74, 6) is 0.285. The summed E-state index contributed by atoms with van der Waals surface area (Å²) in [6.45, 7) is 0. The molecule has 1 aliphatic rings. The molecule has 1 aromatic carbocycles. The highest BCUT2D eigenvalue weighted by atomic mass is 16.5. The quantitative estimate of drug-likeness (QED) is 0.898. The van der Waals surface area contributed by atoms with Crippen LogP contribution >= 0.6 is 0 Å². The van der Waals surface area contributed by atoms with Gasteiger partial charge >= 0.3 is 0 Å². The van der Waals surface area contributed by atoms with Gasteiger partial charge in [-0.25, -0.2) is 0 Å². The highest BCUT2D eigenvalue weighted by Gasteiger charge is 2.14. The number of amides is 1. The Morgan fingerprint density at radius 1 is 1.00 bits per heavy atom. The number of carbonyl (C=O) groups excluding carboxylic acids is 1. The van der Waals surface area contributed by atoms with E-state index in [9.17, 15) is 4.79 Å². The molecule has 4 heteroatoms. The molecule has 0 aromatic heterocycles. The van der Waals surface area contributed by atoms with Gasteiger partial charge in [-0.05, 0) is 12.1 Å². The molecule has 0 unspecified atom stereocenters. The van der Waals surface area contributed by atoms with E-state index in [1.54, 1.807) is 18.2 Å². The van der Waals surface area contributed by atoms with Crippen LogP contribution in [0.2, 0.25) is 0 Å². The average molecular weight is 251 g/mol. The number of ether oxygens (including phenoxy) is 2. The van der Waals surface area contributed by atoms with Crippen molar-refractivity contribution in [3.05, 3.63) is 23.8 Å². The molecule has 1 amide bonds. The Balaban J connectivity index is 0.000000269. The average Bonchev–Trinajstić information content (AvgIpc) is 2.96. The monoisotopic (exact) mass is 251 g/mol. The molecular formula is C14H21NO3. The van der Waals surface area contributed by atoms with Crippen molar-refractivity contribution in [3.63, 3.8) is 0 Å². The van der Waals surface area contributed by atoms with Gasteiger partial charge in [-0.1, -0.05) is 38.2 Å². The summed E-state index contributed by atoms with van der Waals surface area (Å²) in [6.07, 6.45) is 7.50. The Morgan fingerprint density at radius 3 is 1.67 bits per heavy atom. The van der Waals surface area contributed by atoms with Crippen molar-refractivity contribution < 1.29 is 14.3 Å². The lowest BCUT2D eigenvalue weighted by atomic mass is 10.1. The molecule has 0 spiro atoms. The third-order valence-corrected chi connectivity index (χ3v) is 2.92. The molecule has 4 nitrogen and oxygen atoms in total. The maximum absolute atomic E-state index is 11.0. The maximum Gasteiger partial charge on any atom is 0.256 e. The van der Waals surface area contributed by atoms with Crippen molar-refractivity contribution in [1.82, 2.24) is 0 Å². The van der Waals surface area contributed by atoms with Crippen LogP contribution in [-0.4, -0.2) is 20.1 Å². The summed E-state index contributed by atoms with van der Waals surface area (Å²) < 4.78 is 9.94. The zero-order valence-corrected chi connectivity index (χ0v) is 11.1. The van der Waals surface area contributed by atoms with Crippen LogP contribution in [0.5, 0.6) is 11.5 Å². The van der Waals surface area contributed by atoms with Crippen molar-refractivity contribution >= 4 is 5.91 Å².